The molecule has 0 spiro atoms. The molecule has 0 bridgehead atoms. The largest absolute Gasteiger partial charge is 0.452 e. The van der Waals surface area contributed by atoms with Crippen molar-refractivity contribution < 1.29 is 24.2 Å². The molecule has 0 aliphatic rings. The maximum Gasteiger partial charge on any atom is 0.338 e. The Morgan fingerprint density at radius 3 is 2.37 bits per heavy atom. The number of nitrogens with one attached hydrogen (secondary N) is 1. The number of benzene rings is 2. The number of ether oxygens (including phenoxy) is 1. The molecule has 140 valence electrons. The van der Waals surface area contributed by atoms with E-state index in [2.05, 4.69) is 5.32 Å². The van der Waals surface area contributed by atoms with Gasteiger partial charge in [0.05, 0.1) is 26.1 Å². The second-order valence-corrected chi connectivity index (χ2v) is 5.71. The summed E-state index contributed by atoms with van der Waals surface area (Å²) >= 11 is 5.85. The highest BCUT2D eigenvalue weighted by atomic mass is 35.5. The standard InChI is InChI=1S/C16H12ClN3O7/c1-9-6-10(2-5-14(9)20(25)26)16(22)27-8-15(21)18-13-4-3-11(19(23)24)7-12(13)17/h2-7H,8H2,1H3,(H,18,21). The molecule has 0 saturated carbocycles. The van der Waals surface area contributed by atoms with Crippen molar-refractivity contribution in [2.75, 3.05) is 11.9 Å². The van der Waals surface area contributed by atoms with Gasteiger partial charge in [-0.05, 0) is 25.1 Å². The van der Waals surface area contributed by atoms with Crippen molar-refractivity contribution in [2.45, 2.75) is 6.92 Å². The average Bonchev–Trinajstić information content (AvgIpc) is 2.60. The van der Waals surface area contributed by atoms with Gasteiger partial charge in [-0.15, -0.1) is 0 Å². The van der Waals surface area contributed by atoms with Gasteiger partial charge in [0.2, 0.25) is 0 Å². The highest BCUT2D eigenvalue weighted by Gasteiger charge is 2.16. The van der Waals surface area contributed by atoms with Crippen LogP contribution in [0.15, 0.2) is 36.4 Å². The summed E-state index contributed by atoms with van der Waals surface area (Å²) in [6.07, 6.45) is 0. The van der Waals surface area contributed by atoms with E-state index in [9.17, 15) is 29.8 Å². The SMILES string of the molecule is Cc1cc(C(=O)OCC(=O)Nc2ccc([N+](=O)[O-])cc2Cl)ccc1[N+](=O)[O-]. The van der Waals surface area contributed by atoms with Crippen LogP contribution in [0.1, 0.15) is 15.9 Å². The fourth-order valence-corrected chi connectivity index (χ4v) is 2.33. The summed E-state index contributed by atoms with van der Waals surface area (Å²) in [6.45, 7) is 0.834. The number of halogens is 1. The Hall–Kier alpha value is -3.53. The Morgan fingerprint density at radius 1 is 1.11 bits per heavy atom. The molecule has 0 saturated heterocycles. The molecule has 1 N–H and O–H groups in total. The third-order valence-electron chi connectivity index (χ3n) is 3.40. The molecule has 0 fully saturated rings. The van der Waals surface area contributed by atoms with Gasteiger partial charge < -0.3 is 10.1 Å². The number of nitro benzene ring substituents is 2. The third kappa shape index (κ3) is 4.98. The van der Waals surface area contributed by atoms with Gasteiger partial charge in [-0.2, -0.15) is 0 Å². The smallest absolute Gasteiger partial charge is 0.338 e. The molecule has 11 heteroatoms. The summed E-state index contributed by atoms with van der Waals surface area (Å²) in [5.41, 5.74) is 0.0698. The molecule has 2 rings (SSSR count). The van der Waals surface area contributed by atoms with E-state index in [1.54, 1.807) is 0 Å². The van der Waals surface area contributed by atoms with Crippen molar-refractivity contribution in [1.29, 1.82) is 0 Å². The summed E-state index contributed by atoms with van der Waals surface area (Å²) in [6, 6.07) is 7.16. The second kappa shape index (κ2) is 8.23. The summed E-state index contributed by atoms with van der Waals surface area (Å²) in [5, 5.41) is 23.7. The molecule has 0 aliphatic heterocycles. The summed E-state index contributed by atoms with van der Waals surface area (Å²) < 4.78 is 4.85. The molecule has 0 unspecified atom stereocenters. The molecule has 0 radical (unpaired) electrons. The van der Waals surface area contributed by atoms with E-state index in [1.165, 1.54) is 31.2 Å². The predicted octanol–water partition coefficient (Wildman–Crippen LogP) is 3.26. The molecule has 27 heavy (non-hydrogen) atoms. The third-order valence-corrected chi connectivity index (χ3v) is 3.71. The van der Waals surface area contributed by atoms with E-state index in [0.717, 1.165) is 12.1 Å². The van der Waals surface area contributed by atoms with Gasteiger partial charge in [-0.1, -0.05) is 11.6 Å². The van der Waals surface area contributed by atoms with Crippen molar-refractivity contribution >= 4 is 40.5 Å². The Labute approximate surface area is 157 Å². The van der Waals surface area contributed by atoms with Crippen LogP contribution in [0.25, 0.3) is 0 Å². The van der Waals surface area contributed by atoms with E-state index < -0.39 is 28.3 Å². The van der Waals surface area contributed by atoms with Crippen LogP contribution in [0.3, 0.4) is 0 Å². The first-order valence-corrected chi connectivity index (χ1v) is 7.73. The lowest BCUT2D eigenvalue weighted by Crippen LogP contribution is -2.21. The highest BCUT2D eigenvalue weighted by Crippen LogP contribution is 2.26. The number of non-ortho nitro benzene ring substituents is 1. The molecule has 0 aliphatic carbocycles. The molecule has 0 aromatic heterocycles. The first-order chi connectivity index (χ1) is 12.7. The van der Waals surface area contributed by atoms with Crippen molar-refractivity contribution in [3.8, 4) is 0 Å². The fraction of sp³-hybridized carbons (Fsp3) is 0.125. The zero-order valence-electron chi connectivity index (χ0n) is 13.8. The van der Waals surface area contributed by atoms with Crippen LogP contribution in [0.4, 0.5) is 17.1 Å². The van der Waals surface area contributed by atoms with Crippen LogP contribution >= 0.6 is 11.6 Å². The number of anilines is 1. The maximum absolute atomic E-state index is 11.9. The zero-order valence-corrected chi connectivity index (χ0v) is 14.6. The van der Waals surface area contributed by atoms with Gasteiger partial charge in [0.15, 0.2) is 6.61 Å². The summed E-state index contributed by atoms with van der Waals surface area (Å²) in [7, 11) is 0. The fourth-order valence-electron chi connectivity index (χ4n) is 2.11. The number of nitrogens with zero attached hydrogens (tertiary/aromatic N) is 2. The Kier molecular flexibility index (Phi) is 6.03. The number of amides is 1. The first-order valence-electron chi connectivity index (χ1n) is 7.35. The quantitative estimate of drug-likeness (QED) is 0.450. The van der Waals surface area contributed by atoms with Crippen molar-refractivity contribution in [3.05, 3.63) is 72.8 Å². The number of hydrogen-bond donors (Lipinski definition) is 1. The zero-order chi connectivity index (χ0) is 20.1. The van der Waals surface area contributed by atoms with Gasteiger partial charge in [-0.3, -0.25) is 25.0 Å². The number of esters is 1. The first kappa shape index (κ1) is 19.8. The van der Waals surface area contributed by atoms with Crippen molar-refractivity contribution in [3.63, 3.8) is 0 Å². The van der Waals surface area contributed by atoms with E-state index in [4.69, 9.17) is 16.3 Å². The summed E-state index contributed by atoms with van der Waals surface area (Å²) in [5.74, 6) is -1.55. The van der Waals surface area contributed by atoms with Gasteiger partial charge in [0, 0.05) is 23.8 Å². The molecule has 0 atom stereocenters. The predicted molar refractivity (Wildman–Crippen MR) is 94.9 cm³/mol. The molecule has 2 aromatic rings. The minimum absolute atomic E-state index is 0.0464. The lowest BCUT2D eigenvalue weighted by molar-refractivity contribution is -0.385. The average molecular weight is 394 g/mol. The highest BCUT2D eigenvalue weighted by molar-refractivity contribution is 6.34. The van der Waals surface area contributed by atoms with Gasteiger partial charge in [0.25, 0.3) is 17.3 Å². The Bertz CT molecular complexity index is 946. The number of aryl methyl sites for hydroxylation is 1. The summed E-state index contributed by atoms with van der Waals surface area (Å²) in [4.78, 5) is 44.0. The number of hydrogen-bond acceptors (Lipinski definition) is 7. The molecule has 0 heterocycles. The Morgan fingerprint density at radius 2 is 1.81 bits per heavy atom. The maximum atomic E-state index is 11.9. The van der Waals surface area contributed by atoms with E-state index in [0.29, 0.717) is 0 Å². The number of nitro groups is 2. The van der Waals surface area contributed by atoms with Crippen molar-refractivity contribution in [1.82, 2.24) is 0 Å². The van der Waals surface area contributed by atoms with Gasteiger partial charge >= 0.3 is 5.97 Å². The van der Waals surface area contributed by atoms with Crippen LogP contribution in [0.2, 0.25) is 5.02 Å². The number of rotatable bonds is 6. The molecule has 10 nitrogen and oxygen atoms in total. The van der Waals surface area contributed by atoms with E-state index in [1.807, 2.05) is 0 Å². The van der Waals surface area contributed by atoms with Crippen LogP contribution in [0, 0.1) is 27.2 Å². The van der Waals surface area contributed by atoms with Crippen LogP contribution in [0.5, 0.6) is 0 Å². The van der Waals surface area contributed by atoms with Crippen LogP contribution in [-0.2, 0) is 9.53 Å². The lowest BCUT2D eigenvalue weighted by Gasteiger charge is -2.08. The number of carbonyl (C=O) groups excluding carboxylic acids is 2. The molecular formula is C16H12ClN3O7. The van der Waals surface area contributed by atoms with E-state index >= 15 is 0 Å². The topological polar surface area (TPSA) is 142 Å². The normalized spacial score (nSPS) is 10.1. The lowest BCUT2D eigenvalue weighted by atomic mass is 10.1. The minimum atomic E-state index is -0.835. The monoisotopic (exact) mass is 393 g/mol. The molecular weight excluding hydrogens is 382 g/mol. The van der Waals surface area contributed by atoms with Gasteiger partial charge in [-0.25, -0.2) is 4.79 Å². The molecule has 1 amide bonds. The van der Waals surface area contributed by atoms with Gasteiger partial charge in [0.1, 0.15) is 0 Å². The minimum Gasteiger partial charge on any atom is -0.452 e. The van der Waals surface area contributed by atoms with Crippen molar-refractivity contribution in [2.24, 2.45) is 0 Å². The van der Waals surface area contributed by atoms with E-state index in [-0.39, 0.29) is 33.2 Å². The second-order valence-electron chi connectivity index (χ2n) is 5.30. The van der Waals surface area contributed by atoms with Crippen LogP contribution < -0.4 is 5.32 Å². The van der Waals surface area contributed by atoms with Crippen LogP contribution in [-0.4, -0.2) is 28.3 Å². The molecule has 2 aromatic carbocycles. The Balaban J connectivity index is 1.97. The number of carbonyl (C=O) groups is 2.